The summed E-state index contributed by atoms with van der Waals surface area (Å²) in [7, 11) is -2.29. The lowest BCUT2D eigenvalue weighted by molar-refractivity contribution is 0.0963. The van der Waals surface area contributed by atoms with Crippen molar-refractivity contribution in [3.63, 3.8) is 0 Å². The predicted molar refractivity (Wildman–Crippen MR) is 121 cm³/mol. The summed E-state index contributed by atoms with van der Waals surface area (Å²) in [5.41, 5.74) is 1.21. The molecule has 1 atom stereocenters. The van der Waals surface area contributed by atoms with E-state index in [0.717, 1.165) is 5.56 Å². The fourth-order valence-corrected chi connectivity index (χ4v) is 4.35. The Hall–Kier alpha value is -3.76. The molecule has 0 saturated heterocycles. The number of Topliss-reactive ketones (excluding diaryl/α,β-unsaturated/α-hetero) is 1. The number of hydrogen-bond acceptors (Lipinski definition) is 6. The molecule has 9 nitrogen and oxygen atoms in total. The molecule has 170 valence electrons. The number of fused-ring (bicyclic) bond motifs is 1. The second kappa shape index (κ2) is 8.64. The molecular weight excluding hydrogens is 446 g/mol. The number of methoxy groups -OCH3 is 1. The summed E-state index contributed by atoms with van der Waals surface area (Å²) in [6.45, 7) is 0. The second-order valence-electron chi connectivity index (χ2n) is 7.73. The number of nitrogens with two attached hydrogens (primary N) is 1. The molecule has 4 N–H and O–H groups in total. The number of ketones is 1. The topological polar surface area (TPSA) is 148 Å². The van der Waals surface area contributed by atoms with Gasteiger partial charge in [-0.2, -0.15) is 0 Å². The van der Waals surface area contributed by atoms with Gasteiger partial charge in [0.15, 0.2) is 5.78 Å². The van der Waals surface area contributed by atoms with Crippen molar-refractivity contribution in [2.45, 2.75) is 23.7 Å². The molecule has 0 fully saturated rings. The van der Waals surface area contributed by atoms with Crippen molar-refractivity contribution < 1.29 is 22.7 Å². The first-order valence-electron chi connectivity index (χ1n) is 10.0. The monoisotopic (exact) mass is 467 g/mol. The average molecular weight is 468 g/mol. The van der Waals surface area contributed by atoms with Gasteiger partial charge in [-0.3, -0.25) is 14.4 Å². The van der Waals surface area contributed by atoms with Crippen LogP contribution in [0, 0.1) is 0 Å². The van der Waals surface area contributed by atoms with E-state index in [0.29, 0.717) is 23.4 Å². The smallest absolute Gasteiger partial charge is 0.261 e. The van der Waals surface area contributed by atoms with E-state index in [2.05, 4.69) is 10.3 Å². The number of ether oxygens (including phenoxy) is 1. The molecule has 0 bridgehead atoms. The normalized spacial score (nSPS) is 15.6. The number of benzene rings is 2. The Morgan fingerprint density at radius 3 is 2.33 bits per heavy atom. The summed E-state index contributed by atoms with van der Waals surface area (Å²) in [4.78, 5) is 40.7. The molecule has 0 saturated carbocycles. The summed E-state index contributed by atoms with van der Waals surface area (Å²) in [6.07, 6.45) is 0.709. The van der Waals surface area contributed by atoms with Gasteiger partial charge in [0.25, 0.3) is 11.5 Å². The maximum atomic E-state index is 12.8. The Kier molecular flexibility index (Phi) is 5.88. The number of rotatable bonds is 5. The summed E-state index contributed by atoms with van der Waals surface area (Å²) >= 11 is 0. The SMILES string of the molecule is COc1ccc([C@H]2CC(=O)c3cc(C(=O)Nc4ccc(S(N)(=O)=O)cc4)c(=O)[nH]c3C2)cc1. The minimum Gasteiger partial charge on any atom is -0.497 e. The number of carbonyl (C=O) groups excluding carboxylic acids is 2. The first-order chi connectivity index (χ1) is 15.7. The van der Waals surface area contributed by atoms with E-state index in [9.17, 15) is 22.8 Å². The predicted octanol–water partition coefficient (Wildman–Crippen LogP) is 2.20. The number of anilines is 1. The summed E-state index contributed by atoms with van der Waals surface area (Å²) < 4.78 is 27.9. The minimum absolute atomic E-state index is 0.0939. The molecule has 1 aromatic heterocycles. The lowest BCUT2D eigenvalue weighted by Crippen LogP contribution is -2.29. The maximum absolute atomic E-state index is 12.8. The van der Waals surface area contributed by atoms with Crippen LogP contribution in [0.3, 0.4) is 0 Å². The van der Waals surface area contributed by atoms with Gasteiger partial charge in [-0.25, -0.2) is 13.6 Å². The zero-order valence-electron chi connectivity index (χ0n) is 17.6. The van der Waals surface area contributed by atoms with Gasteiger partial charge in [0.2, 0.25) is 10.0 Å². The van der Waals surface area contributed by atoms with Crippen molar-refractivity contribution >= 4 is 27.4 Å². The number of aromatic amines is 1. The van der Waals surface area contributed by atoms with E-state index in [-0.39, 0.29) is 34.3 Å². The standard InChI is InChI=1S/C23H21N3O6S/c1-32-16-6-2-13(3-7-16)14-10-20-18(21(27)11-14)12-19(23(29)26-20)22(28)25-15-4-8-17(9-5-15)33(24,30)31/h2-9,12,14H,10-11H2,1H3,(H,25,28)(H,26,29)(H2,24,30,31)/t14-/m1/s1. The molecule has 1 aliphatic rings. The van der Waals surface area contributed by atoms with Crippen LogP contribution in [0.1, 0.15) is 44.3 Å². The summed E-state index contributed by atoms with van der Waals surface area (Å²) in [5.74, 6) is -0.263. The third-order valence-corrected chi connectivity index (χ3v) is 6.51. The molecule has 0 spiro atoms. The van der Waals surface area contributed by atoms with Crippen molar-refractivity contribution in [1.82, 2.24) is 4.98 Å². The van der Waals surface area contributed by atoms with Gasteiger partial charge in [0.05, 0.1) is 12.0 Å². The highest BCUT2D eigenvalue weighted by Crippen LogP contribution is 2.32. The third kappa shape index (κ3) is 4.71. The van der Waals surface area contributed by atoms with Crippen molar-refractivity contribution in [2.24, 2.45) is 5.14 Å². The van der Waals surface area contributed by atoms with Crippen LogP contribution in [0.25, 0.3) is 0 Å². The van der Waals surface area contributed by atoms with Gasteiger partial charge in [0.1, 0.15) is 11.3 Å². The van der Waals surface area contributed by atoms with E-state index < -0.39 is 21.5 Å². The highest BCUT2D eigenvalue weighted by Gasteiger charge is 2.29. The Bertz CT molecular complexity index is 1390. The average Bonchev–Trinajstić information content (AvgIpc) is 2.78. The number of amides is 1. The maximum Gasteiger partial charge on any atom is 0.261 e. The first kappa shape index (κ1) is 22.4. The number of pyridine rings is 1. The van der Waals surface area contributed by atoms with Crippen LogP contribution in [-0.4, -0.2) is 32.2 Å². The van der Waals surface area contributed by atoms with Gasteiger partial charge < -0.3 is 15.0 Å². The van der Waals surface area contributed by atoms with Crippen LogP contribution in [0.15, 0.2) is 64.3 Å². The Morgan fingerprint density at radius 2 is 1.73 bits per heavy atom. The molecule has 4 rings (SSSR count). The summed E-state index contributed by atoms with van der Waals surface area (Å²) in [6, 6.07) is 13.9. The number of aromatic nitrogens is 1. The van der Waals surface area contributed by atoms with Crippen molar-refractivity contribution in [3.05, 3.63) is 87.3 Å². The van der Waals surface area contributed by atoms with E-state index in [1.807, 2.05) is 24.3 Å². The molecular formula is C23H21N3O6S. The molecule has 2 aromatic carbocycles. The van der Waals surface area contributed by atoms with Crippen molar-refractivity contribution in [3.8, 4) is 5.75 Å². The van der Waals surface area contributed by atoms with E-state index in [1.54, 1.807) is 7.11 Å². The van der Waals surface area contributed by atoms with Crippen molar-refractivity contribution in [2.75, 3.05) is 12.4 Å². The lowest BCUT2D eigenvalue weighted by Gasteiger charge is -2.24. The van der Waals surface area contributed by atoms with Crippen LogP contribution in [0.2, 0.25) is 0 Å². The molecule has 0 aliphatic heterocycles. The van der Waals surface area contributed by atoms with E-state index in [1.165, 1.54) is 30.3 Å². The van der Waals surface area contributed by atoms with Gasteiger partial charge >= 0.3 is 0 Å². The van der Waals surface area contributed by atoms with Gasteiger partial charge in [-0.15, -0.1) is 0 Å². The van der Waals surface area contributed by atoms with Crippen LogP contribution in [-0.2, 0) is 16.4 Å². The van der Waals surface area contributed by atoms with Gasteiger partial charge in [-0.1, -0.05) is 12.1 Å². The molecule has 1 heterocycles. The third-order valence-electron chi connectivity index (χ3n) is 5.58. The number of carbonyl (C=O) groups is 2. The number of nitrogens with one attached hydrogen (secondary N) is 2. The second-order valence-corrected chi connectivity index (χ2v) is 9.29. The molecule has 33 heavy (non-hydrogen) atoms. The lowest BCUT2D eigenvalue weighted by atomic mass is 9.81. The van der Waals surface area contributed by atoms with Crippen LogP contribution in [0.4, 0.5) is 5.69 Å². The van der Waals surface area contributed by atoms with Crippen LogP contribution in [0.5, 0.6) is 5.75 Å². The first-order valence-corrected chi connectivity index (χ1v) is 11.6. The molecule has 0 radical (unpaired) electrons. The highest BCUT2D eigenvalue weighted by atomic mass is 32.2. The molecule has 1 amide bonds. The minimum atomic E-state index is -3.86. The van der Waals surface area contributed by atoms with Gasteiger partial charge in [0, 0.05) is 23.4 Å². The number of hydrogen-bond donors (Lipinski definition) is 3. The molecule has 1 aliphatic carbocycles. The molecule has 0 unspecified atom stereocenters. The van der Waals surface area contributed by atoms with Crippen LogP contribution >= 0.6 is 0 Å². The van der Waals surface area contributed by atoms with E-state index >= 15 is 0 Å². The fourth-order valence-electron chi connectivity index (χ4n) is 3.84. The zero-order chi connectivity index (χ0) is 23.8. The Labute approximate surface area is 189 Å². The van der Waals surface area contributed by atoms with E-state index in [4.69, 9.17) is 9.88 Å². The number of primary sulfonamides is 1. The molecule has 10 heteroatoms. The van der Waals surface area contributed by atoms with Gasteiger partial charge in [-0.05, 0) is 60.4 Å². The highest BCUT2D eigenvalue weighted by molar-refractivity contribution is 7.89. The number of sulfonamides is 1. The summed E-state index contributed by atoms with van der Waals surface area (Å²) in [5, 5.41) is 7.59. The zero-order valence-corrected chi connectivity index (χ0v) is 18.4. The Morgan fingerprint density at radius 1 is 1.06 bits per heavy atom. The number of H-pyrrole nitrogens is 1. The van der Waals surface area contributed by atoms with Crippen LogP contribution < -0.4 is 20.8 Å². The Balaban J connectivity index is 1.56. The largest absolute Gasteiger partial charge is 0.497 e. The fraction of sp³-hybridized carbons (Fsp3) is 0.174. The van der Waals surface area contributed by atoms with Crippen molar-refractivity contribution in [1.29, 1.82) is 0 Å². The quantitative estimate of drug-likeness (QED) is 0.524. The molecule has 3 aromatic rings.